The predicted octanol–water partition coefficient (Wildman–Crippen LogP) is 1.79. The number of likely N-dealkylation sites (tertiary alicyclic amines) is 1. The minimum absolute atomic E-state index is 0.0716. The fraction of sp³-hybridized carbons (Fsp3) is 0.312. The van der Waals surface area contributed by atoms with Crippen molar-refractivity contribution >= 4 is 17.4 Å². The molecule has 6 nitrogen and oxygen atoms in total. The smallest absolute Gasteiger partial charge is 0.248 e. The van der Waals surface area contributed by atoms with E-state index in [0.29, 0.717) is 18.2 Å². The molecule has 2 aromatic rings. The highest BCUT2D eigenvalue weighted by Gasteiger charge is 2.34. The predicted molar refractivity (Wildman–Crippen MR) is 82.7 cm³/mol. The summed E-state index contributed by atoms with van der Waals surface area (Å²) in [6.07, 6.45) is 0.854. The summed E-state index contributed by atoms with van der Waals surface area (Å²) >= 11 is 0. The Hall–Kier alpha value is -2.47. The van der Waals surface area contributed by atoms with E-state index in [1.54, 1.807) is 4.90 Å². The van der Waals surface area contributed by atoms with Crippen LogP contribution in [0.15, 0.2) is 36.4 Å². The van der Waals surface area contributed by atoms with E-state index in [2.05, 4.69) is 15.3 Å². The molecule has 1 saturated heterocycles. The maximum atomic E-state index is 11.7. The molecule has 1 aliphatic heterocycles. The second-order valence-corrected chi connectivity index (χ2v) is 5.27. The largest absolute Gasteiger partial charge is 0.387 e. The highest BCUT2D eigenvalue weighted by atomic mass is 16.3. The average molecular weight is 298 g/mol. The Bertz CT molecular complexity index is 675. The van der Waals surface area contributed by atoms with Crippen molar-refractivity contribution in [3.8, 4) is 0 Å². The Balaban J connectivity index is 1.83. The summed E-state index contributed by atoms with van der Waals surface area (Å²) in [7, 11) is 0. The van der Waals surface area contributed by atoms with Crippen LogP contribution in [-0.2, 0) is 4.79 Å². The number of aliphatic hydroxyl groups excluding tert-OH is 1. The first-order valence-electron chi connectivity index (χ1n) is 7.25. The van der Waals surface area contributed by atoms with Crippen LogP contribution in [0.25, 0.3) is 0 Å². The van der Waals surface area contributed by atoms with Gasteiger partial charge in [0.05, 0.1) is 11.7 Å². The zero-order valence-corrected chi connectivity index (χ0v) is 12.4. The van der Waals surface area contributed by atoms with Crippen molar-refractivity contribution in [3.05, 3.63) is 47.9 Å². The molecule has 6 heteroatoms. The first-order chi connectivity index (χ1) is 10.7. The van der Waals surface area contributed by atoms with E-state index in [1.165, 1.54) is 0 Å². The molecule has 22 heavy (non-hydrogen) atoms. The number of hydrogen-bond acceptors (Lipinski definition) is 5. The van der Waals surface area contributed by atoms with Crippen LogP contribution < -0.4 is 5.32 Å². The number of anilines is 2. The quantitative estimate of drug-likeness (QED) is 0.900. The number of aromatic nitrogens is 2. The monoisotopic (exact) mass is 298 g/mol. The van der Waals surface area contributed by atoms with Gasteiger partial charge in [0.1, 0.15) is 18.2 Å². The summed E-state index contributed by atoms with van der Waals surface area (Å²) < 4.78 is 0. The van der Waals surface area contributed by atoms with Crippen molar-refractivity contribution in [2.45, 2.75) is 19.4 Å². The van der Waals surface area contributed by atoms with Gasteiger partial charge in [-0.25, -0.2) is 9.97 Å². The highest BCUT2D eigenvalue weighted by molar-refractivity contribution is 5.78. The fourth-order valence-corrected chi connectivity index (χ4v) is 2.58. The Labute approximate surface area is 128 Å². The Kier molecular flexibility index (Phi) is 4.02. The molecule has 1 atom stereocenters. The second-order valence-electron chi connectivity index (χ2n) is 5.27. The summed E-state index contributed by atoms with van der Waals surface area (Å²) in [5.74, 6) is 1.10. The van der Waals surface area contributed by atoms with Gasteiger partial charge in [-0.2, -0.15) is 0 Å². The molecule has 0 unspecified atom stereocenters. The number of carbonyl (C=O) groups is 1. The minimum Gasteiger partial charge on any atom is -0.387 e. The number of hydrogen-bond donors (Lipinski definition) is 2. The molecule has 2 heterocycles. The molecule has 1 fully saturated rings. The molecule has 1 aliphatic rings. The molecular weight excluding hydrogens is 280 g/mol. The number of benzene rings is 1. The number of rotatable bonds is 4. The third kappa shape index (κ3) is 2.92. The van der Waals surface area contributed by atoms with Crippen LogP contribution in [0.2, 0.25) is 0 Å². The molecule has 2 N–H and O–H groups in total. The van der Waals surface area contributed by atoms with Gasteiger partial charge in [-0.15, -0.1) is 0 Å². The van der Waals surface area contributed by atoms with Crippen LogP contribution in [-0.4, -0.2) is 39.0 Å². The molecule has 0 spiro atoms. The fourth-order valence-electron chi connectivity index (χ4n) is 2.58. The number of aryl methyl sites for hydroxylation is 1. The van der Waals surface area contributed by atoms with Crippen molar-refractivity contribution in [1.82, 2.24) is 14.9 Å². The Morgan fingerprint density at radius 1 is 1.36 bits per heavy atom. The maximum Gasteiger partial charge on any atom is 0.248 e. The molecule has 114 valence electrons. The Morgan fingerprint density at radius 2 is 2.14 bits per heavy atom. The van der Waals surface area contributed by atoms with Crippen molar-refractivity contribution in [2.24, 2.45) is 0 Å². The number of amides is 1. The summed E-state index contributed by atoms with van der Waals surface area (Å²) in [6, 6.07) is 11.6. The van der Waals surface area contributed by atoms with Crippen molar-refractivity contribution in [1.29, 1.82) is 0 Å². The summed E-state index contributed by atoms with van der Waals surface area (Å²) in [5.41, 5.74) is 1.75. The van der Waals surface area contributed by atoms with Crippen LogP contribution in [0.3, 0.4) is 0 Å². The molecule has 0 radical (unpaired) electrons. The van der Waals surface area contributed by atoms with Gasteiger partial charge in [0.25, 0.3) is 0 Å². The van der Waals surface area contributed by atoms with E-state index in [-0.39, 0.29) is 11.9 Å². The Morgan fingerprint density at radius 3 is 2.77 bits per heavy atom. The second kappa shape index (κ2) is 6.11. The van der Waals surface area contributed by atoms with Gasteiger partial charge < -0.3 is 15.3 Å². The normalized spacial score (nSPS) is 17.0. The molecule has 1 amide bonds. The van der Waals surface area contributed by atoms with Gasteiger partial charge in [0.2, 0.25) is 5.91 Å². The van der Waals surface area contributed by atoms with E-state index in [4.69, 9.17) is 5.11 Å². The van der Waals surface area contributed by atoms with Crippen LogP contribution >= 0.6 is 0 Å². The van der Waals surface area contributed by atoms with E-state index < -0.39 is 6.61 Å². The number of para-hydroxylation sites is 1. The number of nitrogens with one attached hydrogen (secondary N) is 1. The molecule has 0 saturated carbocycles. The van der Waals surface area contributed by atoms with E-state index in [9.17, 15) is 4.79 Å². The lowest BCUT2D eigenvalue weighted by Crippen LogP contribution is -2.46. The summed E-state index contributed by atoms with van der Waals surface area (Å²) in [5, 5.41) is 12.2. The lowest BCUT2D eigenvalue weighted by molar-refractivity contribution is -0.142. The summed E-state index contributed by atoms with van der Waals surface area (Å²) in [6.45, 7) is 2.03. The zero-order valence-electron chi connectivity index (χ0n) is 12.4. The third-order valence-electron chi connectivity index (χ3n) is 3.72. The molecule has 0 bridgehead atoms. The molecule has 1 aromatic carbocycles. The van der Waals surface area contributed by atoms with Gasteiger partial charge in [0.15, 0.2) is 0 Å². The van der Waals surface area contributed by atoms with Crippen molar-refractivity contribution in [2.75, 3.05) is 18.5 Å². The van der Waals surface area contributed by atoms with Crippen LogP contribution in [0, 0.1) is 6.92 Å². The van der Waals surface area contributed by atoms with Gasteiger partial charge in [-0.3, -0.25) is 4.79 Å². The first-order valence-corrected chi connectivity index (χ1v) is 7.25. The van der Waals surface area contributed by atoms with Gasteiger partial charge in [-0.05, 0) is 25.5 Å². The standard InChI is InChI=1S/C16H18N4O2/c1-11-17-13(14-7-8-20(14)16(22)10-21)9-15(18-11)19-12-5-3-2-4-6-12/h2-6,9,14,21H,7-8,10H2,1H3,(H,17,18,19)/t14-/m0/s1. The van der Waals surface area contributed by atoms with E-state index in [0.717, 1.165) is 17.8 Å². The zero-order chi connectivity index (χ0) is 15.5. The van der Waals surface area contributed by atoms with Crippen LogP contribution in [0.1, 0.15) is 24.0 Å². The van der Waals surface area contributed by atoms with Gasteiger partial charge in [0, 0.05) is 18.3 Å². The number of nitrogens with zero attached hydrogens (tertiary/aromatic N) is 3. The van der Waals surface area contributed by atoms with Crippen molar-refractivity contribution in [3.63, 3.8) is 0 Å². The molecule has 3 rings (SSSR count). The maximum absolute atomic E-state index is 11.7. The lowest BCUT2D eigenvalue weighted by Gasteiger charge is -2.40. The SMILES string of the molecule is Cc1nc(Nc2ccccc2)cc([C@@H]2CCN2C(=O)CO)n1. The van der Waals surface area contributed by atoms with Gasteiger partial charge in [-0.1, -0.05) is 18.2 Å². The van der Waals surface area contributed by atoms with Crippen molar-refractivity contribution < 1.29 is 9.90 Å². The number of aliphatic hydroxyl groups is 1. The minimum atomic E-state index is -0.463. The molecule has 1 aromatic heterocycles. The van der Waals surface area contributed by atoms with Crippen LogP contribution in [0.4, 0.5) is 11.5 Å². The topological polar surface area (TPSA) is 78.4 Å². The molecule has 0 aliphatic carbocycles. The van der Waals surface area contributed by atoms with Crippen LogP contribution in [0.5, 0.6) is 0 Å². The average Bonchev–Trinajstić information content (AvgIpc) is 2.46. The van der Waals surface area contributed by atoms with E-state index >= 15 is 0 Å². The highest BCUT2D eigenvalue weighted by Crippen LogP contribution is 2.33. The third-order valence-corrected chi connectivity index (χ3v) is 3.72. The van der Waals surface area contributed by atoms with E-state index in [1.807, 2.05) is 43.3 Å². The first kappa shape index (κ1) is 14.5. The molecular formula is C16H18N4O2. The summed E-state index contributed by atoms with van der Waals surface area (Å²) in [4.78, 5) is 22.1. The number of carbonyl (C=O) groups excluding carboxylic acids is 1. The lowest BCUT2D eigenvalue weighted by atomic mass is 9.99. The van der Waals surface area contributed by atoms with Gasteiger partial charge >= 0.3 is 0 Å².